The number of benzene rings is 1. The Morgan fingerprint density at radius 3 is 2.88 bits per heavy atom. The number of guanidine groups is 1. The number of hydrogen-bond acceptors (Lipinski definition) is 4. The molecule has 1 saturated heterocycles. The van der Waals surface area contributed by atoms with E-state index in [0.717, 1.165) is 68.2 Å². The van der Waals surface area contributed by atoms with E-state index in [1.165, 1.54) is 10.9 Å². The molecule has 3 aromatic rings. The second-order valence-electron chi connectivity index (χ2n) is 7.58. The molecule has 1 aliphatic heterocycles. The molecule has 1 unspecified atom stereocenters. The van der Waals surface area contributed by atoms with Gasteiger partial charge in [-0.05, 0) is 48.6 Å². The van der Waals surface area contributed by atoms with Crippen LogP contribution in [0.3, 0.4) is 0 Å². The maximum absolute atomic E-state index is 13.6. The summed E-state index contributed by atoms with van der Waals surface area (Å²) in [4.78, 5) is 11.9. The smallest absolute Gasteiger partial charge is 0.191 e. The summed E-state index contributed by atoms with van der Waals surface area (Å²) < 4.78 is 19.2. The third kappa shape index (κ3) is 6.43. The Hall–Kier alpha value is -1.69. The van der Waals surface area contributed by atoms with Gasteiger partial charge in [-0.25, -0.2) is 4.39 Å². The predicted molar refractivity (Wildman–Crippen MR) is 141 cm³/mol. The first-order valence-corrected chi connectivity index (χ1v) is 11.8. The van der Waals surface area contributed by atoms with Gasteiger partial charge in [0, 0.05) is 48.2 Å². The number of nitrogens with one attached hydrogen (secondary N) is 3. The highest BCUT2D eigenvalue weighted by Gasteiger charge is 2.23. The van der Waals surface area contributed by atoms with Crippen LogP contribution < -0.4 is 10.6 Å². The molecule has 0 amide bonds. The molecule has 9 heteroatoms. The van der Waals surface area contributed by atoms with E-state index in [2.05, 4.69) is 45.0 Å². The lowest BCUT2D eigenvalue weighted by Gasteiger charge is -2.33. The van der Waals surface area contributed by atoms with Gasteiger partial charge in [0.05, 0.1) is 25.8 Å². The molecule has 3 N–H and O–H groups in total. The summed E-state index contributed by atoms with van der Waals surface area (Å²) in [7, 11) is 0. The highest BCUT2D eigenvalue weighted by molar-refractivity contribution is 14.0. The number of halogens is 2. The third-order valence-electron chi connectivity index (χ3n) is 5.54. The topological polar surface area (TPSA) is 64.7 Å². The predicted octanol–water partition coefficient (Wildman–Crippen LogP) is 4.16. The van der Waals surface area contributed by atoms with Crippen molar-refractivity contribution in [3.63, 3.8) is 0 Å². The minimum absolute atomic E-state index is 0. The average Bonchev–Trinajstić information content (AvgIpc) is 3.45. The molecule has 0 bridgehead atoms. The minimum atomic E-state index is -0.209. The van der Waals surface area contributed by atoms with Crippen LogP contribution in [0.1, 0.15) is 23.4 Å². The number of morpholine rings is 1. The molecule has 2 aromatic heterocycles. The van der Waals surface area contributed by atoms with Gasteiger partial charge >= 0.3 is 0 Å². The number of aromatic nitrogens is 1. The van der Waals surface area contributed by atoms with Crippen LogP contribution in [0, 0.1) is 5.82 Å². The van der Waals surface area contributed by atoms with Gasteiger partial charge < -0.3 is 20.4 Å². The fourth-order valence-corrected chi connectivity index (χ4v) is 4.80. The average molecular weight is 572 g/mol. The van der Waals surface area contributed by atoms with Crippen LogP contribution in [-0.2, 0) is 11.2 Å². The number of rotatable bonds is 8. The first kappa shape index (κ1) is 24.9. The Morgan fingerprint density at radius 1 is 1.28 bits per heavy atom. The number of aromatic amines is 1. The minimum Gasteiger partial charge on any atom is -0.379 e. The van der Waals surface area contributed by atoms with Crippen LogP contribution in [0.15, 0.2) is 46.9 Å². The van der Waals surface area contributed by atoms with Crippen molar-refractivity contribution in [1.29, 1.82) is 0 Å². The summed E-state index contributed by atoms with van der Waals surface area (Å²) in [5.74, 6) is 0.599. The van der Waals surface area contributed by atoms with Gasteiger partial charge in [0.1, 0.15) is 5.82 Å². The Balaban J connectivity index is 0.00000289. The zero-order valence-electron chi connectivity index (χ0n) is 18.3. The quantitative estimate of drug-likeness (QED) is 0.216. The Morgan fingerprint density at radius 2 is 2.12 bits per heavy atom. The standard InChI is InChI=1S/C23H30FN5OS.HI/c1-2-25-23(26-8-7-17-15-27-20-6-5-18(24)14-19(17)20)28-16-21(22-4-3-13-31-22)29-9-11-30-12-10-29;/h3-6,13-15,21,27H,2,7-12,16H2,1H3,(H2,25,26,28);1H. The number of nitrogens with zero attached hydrogens (tertiary/aromatic N) is 2. The number of aliphatic imine (C=N–C) groups is 1. The van der Waals surface area contributed by atoms with Gasteiger partial charge in [0.25, 0.3) is 0 Å². The fourth-order valence-electron chi connectivity index (χ4n) is 3.95. The Kier molecular flexibility index (Phi) is 9.76. The summed E-state index contributed by atoms with van der Waals surface area (Å²) >= 11 is 1.78. The molecule has 0 radical (unpaired) electrons. The largest absolute Gasteiger partial charge is 0.379 e. The van der Waals surface area contributed by atoms with E-state index in [9.17, 15) is 4.39 Å². The van der Waals surface area contributed by atoms with Gasteiger partial charge in [0.15, 0.2) is 5.96 Å². The molecule has 174 valence electrons. The first-order chi connectivity index (χ1) is 15.2. The van der Waals surface area contributed by atoms with E-state index in [4.69, 9.17) is 9.73 Å². The highest BCUT2D eigenvalue weighted by atomic mass is 127. The van der Waals surface area contributed by atoms with Crippen LogP contribution in [0.5, 0.6) is 0 Å². The third-order valence-corrected chi connectivity index (χ3v) is 6.51. The van der Waals surface area contributed by atoms with Crippen molar-refractivity contribution in [1.82, 2.24) is 20.5 Å². The van der Waals surface area contributed by atoms with Crippen molar-refractivity contribution < 1.29 is 9.13 Å². The molecule has 1 atom stereocenters. The number of ether oxygens (including phenoxy) is 1. The normalized spacial score (nSPS) is 16.0. The monoisotopic (exact) mass is 571 g/mol. The van der Waals surface area contributed by atoms with Crippen molar-refractivity contribution in [2.24, 2.45) is 4.99 Å². The number of hydrogen-bond donors (Lipinski definition) is 3. The maximum atomic E-state index is 13.6. The second-order valence-corrected chi connectivity index (χ2v) is 8.56. The Labute approximate surface area is 209 Å². The fraction of sp³-hybridized carbons (Fsp3) is 0.435. The van der Waals surface area contributed by atoms with Crippen molar-refractivity contribution in [2.45, 2.75) is 19.4 Å². The summed E-state index contributed by atoms with van der Waals surface area (Å²) in [6.45, 7) is 7.68. The second kappa shape index (κ2) is 12.5. The summed E-state index contributed by atoms with van der Waals surface area (Å²) in [6.07, 6.45) is 2.74. The van der Waals surface area contributed by atoms with E-state index in [-0.39, 0.29) is 35.8 Å². The number of thiophene rings is 1. The van der Waals surface area contributed by atoms with E-state index in [0.29, 0.717) is 6.54 Å². The SMILES string of the molecule is CCNC(=NCC(c1cccs1)N1CCOCC1)NCCc1c[nH]c2ccc(F)cc12.I. The van der Waals surface area contributed by atoms with Crippen molar-refractivity contribution >= 4 is 52.2 Å². The molecule has 4 rings (SSSR count). The first-order valence-electron chi connectivity index (χ1n) is 10.9. The summed E-state index contributed by atoms with van der Waals surface area (Å²) in [5, 5.41) is 9.84. The van der Waals surface area contributed by atoms with Gasteiger partial charge in [-0.15, -0.1) is 35.3 Å². The summed E-state index contributed by atoms with van der Waals surface area (Å²) in [6, 6.07) is 9.41. The van der Waals surface area contributed by atoms with E-state index in [1.807, 2.05) is 6.20 Å². The highest BCUT2D eigenvalue weighted by Crippen LogP contribution is 2.26. The zero-order valence-corrected chi connectivity index (χ0v) is 21.4. The van der Waals surface area contributed by atoms with Gasteiger partial charge in [-0.2, -0.15) is 0 Å². The van der Waals surface area contributed by atoms with Crippen molar-refractivity contribution in [3.8, 4) is 0 Å². The molecular weight excluding hydrogens is 540 g/mol. The summed E-state index contributed by atoms with van der Waals surface area (Å²) in [5.41, 5.74) is 2.06. The molecule has 6 nitrogen and oxygen atoms in total. The van der Waals surface area contributed by atoms with Crippen molar-refractivity contribution in [2.75, 3.05) is 45.9 Å². The van der Waals surface area contributed by atoms with Crippen LogP contribution >= 0.6 is 35.3 Å². The van der Waals surface area contributed by atoms with E-state index < -0.39 is 0 Å². The van der Waals surface area contributed by atoms with Gasteiger partial charge in [0.2, 0.25) is 0 Å². The van der Waals surface area contributed by atoms with Gasteiger partial charge in [-0.3, -0.25) is 9.89 Å². The maximum Gasteiger partial charge on any atom is 0.191 e. The van der Waals surface area contributed by atoms with Crippen LogP contribution in [0.4, 0.5) is 4.39 Å². The molecule has 0 aliphatic carbocycles. The molecule has 0 spiro atoms. The van der Waals surface area contributed by atoms with Crippen molar-refractivity contribution in [3.05, 3.63) is 58.2 Å². The molecule has 1 aromatic carbocycles. The molecule has 0 saturated carbocycles. The van der Waals surface area contributed by atoms with E-state index >= 15 is 0 Å². The van der Waals surface area contributed by atoms with Crippen LogP contribution in [-0.4, -0.2) is 61.8 Å². The van der Waals surface area contributed by atoms with Crippen LogP contribution in [0.2, 0.25) is 0 Å². The lowest BCUT2D eigenvalue weighted by Crippen LogP contribution is -2.42. The van der Waals surface area contributed by atoms with E-state index in [1.54, 1.807) is 23.5 Å². The molecule has 32 heavy (non-hydrogen) atoms. The van der Waals surface area contributed by atoms with Gasteiger partial charge in [-0.1, -0.05) is 6.07 Å². The zero-order chi connectivity index (χ0) is 21.5. The molecule has 3 heterocycles. The lowest BCUT2D eigenvalue weighted by molar-refractivity contribution is 0.0186. The Bertz CT molecular complexity index is 988. The lowest BCUT2D eigenvalue weighted by atomic mass is 10.1. The molecule has 1 fully saturated rings. The number of fused-ring (bicyclic) bond motifs is 1. The molecule has 1 aliphatic rings. The molecular formula is C23H31FIN5OS. The number of H-pyrrole nitrogens is 1. The van der Waals surface area contributed by atoms with Crippen LogP contribution in [0.25, 0.3) is 10.9 Å².